The summed E-state index contributed by atoms with van der Waals surface area (Å²) in [7, 11) is 3.16. The second kappa shape index (κ2) is 9.98. The summed E-state index contributed by atoms with van der Waals surface area (Å²) >= 11 is 1.66. The van der Waals surface area contributed by atoms with E-state index in [1.165, 1.54) is 0 Å². The normalized spacial score (nSPS) is 10.4. The van der Waals surface area contributed by atoms with Gasteiger partial charge in [-0.3, -0.25) is 9.59 Å². The average Bonchev–Trinajstić information content (AvgIpc) is 2.79. The van der Waals surface area contributed by atoms with E-state index in [1.54, 1.807) is 44.1 Å². The monoisotopic (exact) mass is 420 g/mol. The number of anilines is 1. The smallest absolute Gasteiger partial charge is 0.256 e. The van der Waals surface area contributed by atoms with Crippen molar-refractivity contribution in [2.24, 2.45) is 0 Å². The Morgan fingerprint density at radius 3 is 2.33 bits per heavy atom. The number of carbonyl (C=O) groups excluding carboxylic acids is 2. The Morgan fingerprint density at radius 2 is 1.60 bits per heavy atom. The lowest BCUT2D eigenvalue weighted by Gasteiger charge is -2.16. The molecular formula is C24H24N2O3S. The molecule has 0 bridgehead atoms. The third-order valence-electron chi connectivity index (χ3n) is 4.59. The number of thioether (sulfide) groups is 1. The van der Waals surface area contributed by atoms with E-state index in [0.717, 1.165) is 10.6 Å². The van der Waals surface area contributed by atoms with Gasteiger partial charge in [0.25, 0.3) is 11.8 Å². The van der Waals surface area contributed by atoms with Crippen molar-refractivity contribution in [3.05, 3.63) is 77.9 Å². The van der Waals surface area contributed by atoms with Gasteiger partial charge in [-0.2, -0.15) is 0 Å². The van der Waals surface area contributed by atoms with Gasteiger partial charge in [0.2, 0.25) is 0 Å². The Balaban J connectivity index is 2.10. The third-order valence-corrected chi connectivity index (χ3v) is 5.47. The fraction of sp³-hybridized carbons (Fsp3) is 0.167. The molecule has 0 radical (unpaired) electrons. The van der Waals surface area contributed by atoms with E-state index in [0.29, 0.717) is 33.7 Å². The Labute approximate surface area is 180 Å². The van der Waals surface area contributed by atoms with Crippen LogP contribution in [0, 0.1) is 0 Å². The van der Waals surface area contributed by atoms with Crippen molar-refractivity contribution in [3.63, 3.8) is 0 Å². The lowest BCUT2D eigenvalue weighted by molar-refractivity contribution is 0.0962. The predicted molar refractivity (Wildman–Crippen MR) is 123 cm³/mol. The molecule has 3 aromatic rings. The summed E-state index contributed by atoms with van der Waals surface area (Å²) in [6, 6.07) is 20.3. The molecule has 2 N–H and O–H groups in total. The highest BCUT2D eigenvalue weighted by atomic mass is 32.2. The predicted octanol–water partition coefficient (Wildman–Crippen LogP) is 5.09. The van der Waals surface area contributed by atoms with Crippen molar-refractivity contribution >= 4 is 29.3 Å². The molecule has 154 valence electrons. The highest BCUT2D eigenvalue weighted by molar-refractivity contribution is 7.99. The van der Waals surface area contributed by atoms with Crippen molar-refractivity contribution < 1.29 is 14.3 Å². The number of nitrogens with one attached hydrogen (secondary N) is 2. The summed E-state index contributed by atoms with van der Waals surface area (Å²) in [4.78, 5) is 26.7. The highest BCUT2D eigenvalue weighted by Gasteiger charge is 2.19. The Kier molecular flexibility index (Phi) is 7.14. The minimum absolute atomic E-state index is 0.200. The molecule has 0 aromatic heterocycles. The second-order valence-corrected chi connectivity index (χ2v) is 7.76. The van der Waals surface area contributed by atoms with E-state index in [4.69, 9.17) is 4.74 Å². The van der Waals surface area contributed by atoms with Crippen molar-refractivity contribution in [3.8, 4) is 16.9 Å². The first-order chi connectivity index (χ1) is 14.6. The zero-order chi connectivity index (χ0) is 21.5. The lowest BCUT2D eigenvalue weighted by atomic mass is 9.94. The number of benzene rings is 3. The van der Waals surface area contributed by atoms with Crippen molar-refractivity contribution in [1.29, 1.82) is 0 Å². The van der Waals surface area contributed by atoms with Gasteiger partial charge in [-0.05, 0) is 47.2 Å². The number of hydrogen-bond acceptors (Lipinski definition) is 4. The molecule has 30 heavy (non-hydrogen) atoms. The molecule has 2 amide bonds. The van der Waals surface area contributed by atoms with Gasteiger partial charge in [-0.1, -0.05) is 43.3 Å². The van der Waals surface area contributed by atoms with Gasteiger partial charge in [0.15, 0.2) is 0 Å². The molecular weight excluding hydrogens is 396 g/mol. The molecule has 5 nitrogen and oxygen atoms in total. The Hall–Kier alpha value is -3.25. The fourth-order valence-corrected chi connectivity index (χ4v) is 3.89. The zero-order valence-electron chi connectivity index (χ0n) is 17.2. The summed E-state index contributed by atoms with van der Waals surface area (Å²) in [6.07, 6.45) is 0. The van der Waals surface area contributed by atoms with Crippen molar-refractivity contribution in [2.45, 2.75) is 11.8 Å². The number of rotatable bonds is 7. The molecule has 0 aliphatic heterocycles. The SMILES string of the molecule is CCSc1ccc(-c2ccccc2C(=O)NC)c(C(=O)Nc2ccccc2OC)c1. The molecule has 3 aromatic carbocycles. The summed E-state index contributed by atoms with van der Waals surface area (Å²) in [5.41, 5.74) is 3.00. The van der Waals surface area contributed by atoms with Crippen molar-refractivity contribution in [2.75, 3.05) is 25.2 Å². The molecule has 0 saturated heterocycles. The van der Waals surface area contributed by atoms with E-state index >= 15 is 0 Å². The van der Waals surface area contributed by atoms with Gasteiger partial charge in [0.1, 0.15) is 5.75 Å². The number of para-hydroxylation sites is 2. The van der Waals surface area contributed by atoms with Crippen LogP contribution in [0.1, 0.15) is 27.6 Å². The zero-order valence-corrected chi connectivity index (χ0v) is 18.0. The molecule has 6 heteroatoms. The maximum Gasteiger partial charge on any atom is 0.256 e. The van der Waals surface area contributed by atoms with Gasteiger partial charge in [-0.25, -0.2) is 0 Å². The number of carbonyl (C=O) groups is 2. The average molecular weight is 421 g/mol. The number of ether oxygens (including phenoxy) is 1. The maximum absolute atomic E-state index is 13.3. The van der Waals surface area contributed by atoms with E-state index in [9.17, 15) is 9.59 Å². The lowest BCUT2D eigenvalue weighted by Crippen LogP contribution is -2.19. The van der Waals surface area contributed by atoms with Crippen LogP contribution in [0.2, 0.25) is 0 Å². The number of amides is 2. The quantitative estimate of drug-likeness (QED) is 0.523. The summed E-state index contributed by atoms with van der Waals surface area (Å²) < 4.78 is 5.35. The molecule has 0 heterocycles. The van der Waals surface area contributed by atoms with Gasteiger partial charge in [0.05, 0.1) is 12.8 Å². The van der Waals surface area contributed by atoms with Crippen LogP contribution in [0.4, 0.5) is 5.69 Å². The van der Waals surface area contributed by atoms with Gasteiger partial charge in [0, 0.05) is 23.1 Å². The van der Waals surface area contributed by atoms with Crippen LogP contribution < -0.4 is 15.4 Å². The van der Waals surface area contributed by atoms with E-state index in [2.05, 4.69) is 17.6 Å². The molecule has 0 atom stereocenters. The third kappa shape index (κ3) is 4.66. The van der Waals surface area contributed by atoms with Gasteiger partial charge in [-0.15, -0.1) is 11.8 Å². The maximum atomic E-state index is 13.3. The molecule has 3 rings (SSSR count). The summed E-state index contributed by atoms with van der Waals surface area (Å²) in [5, 5.41) is 5.61. The van der Waals surface area contributed by atoms with Crippen LogP contribution in [-0.4, -0.2) is 31.7 Å². The molecule has 0 aliphatic rings. The van der Waals surface area contributed by atoms with Gasteiger partial charge >= 0.3 is 0 Å². The summed E-state index contributed by atoms with van der Waals surface area (Å²) in [6.45, 7) is 2.06. The second-order valence-electron chi connectivity index (χ2n) is 6.42. The van der Waals surface area contributed by atoms with E-state index in [1.807, 2.05) is 48.5 Å². The standard InChI is InChI=1S/C24H24N2O3S/c1-4-30-16-13-14-18(17-9-5-6-10-19(17)23(27)25-2)20(15-16)24(28)26-21-11-7-8-12-22(21)29-3/h5-15H,4H2,1-3H3,(H,25,27)(H,26,28). The minimum Gasteiger partial charge on any atom is -0.495 e. The number of hydrogen-bond donors (Lipinski definition) is 2. The van der Waals surface area contributed by atoms with Crippen LogP contribution in [0.3, 0.4) is 0 Å². The topological polar surface area (TPSA) is 67.4 Å². The molecule has 0 saturated carbocycles. The number of methoxy groups -OCH3 is 1. The Morgan fingerprint density at radius 1 is 0.900 bits per heavy atom. The van der Waals surface area contributed by atoms with E-state index in [-0.39, 0.29) is 11.8 Å². The molecule has 0 spiro atoms. The largest absolute Gasteiger partial charge is 0.495 e. The van der Waals surface area contributed by atoms with Crippen LogP contribution >= 0.6 is 11.8 Å². The first kappa shape index (κ1) is 21.5. The van der Waals surface area contributed by atoms with Crippen LogP contribution in [0.15, 0.2) is 71.6 Å². The van der Waals surface area contributed by atoms with Gasteiger partial charge < -0.3 is 15.4 Å². The van der Waals surface area contributed by atoms with Crippen LogP contribution in [0.5, 0.6) is 5.75 Å². The molecule has 0 fully saturated rings. The van der Waals surface area contributed by atoms with Crippen molar-refractivity contribution in [1.82, 2.24) is 5.32 Å². The first-order valence-corrected chi connectivity index (χ1v) is 10.6. The minimum atomic E-state index is -0.264. The molecule has 0 unspecified atom stereocenters. The Bertz CT molecular complexity index is 1070. The van der Waals surface area contributed by atoms with Crippen LogP contribution in [-0.2, 0) is 0 Å². The first-order valence-electron chi connectivity index (χ1n) is 9.61. The summed E-state index contributed by atoms with van der Waals surface area (Å²) in [5.74, 6) is 1.01. The highest BCUT2D eigenvalue weighted by Crippen LogP contribution is 2.32. The van der Waals surface area contributed by atoms with E-state index < -0.39 is 0 Å². The fourth-order valence-electron chi connectivity index (χ4n) is 3.19. The molecule has 0 aliphatic carbocycles. The van der Waals surface area contributed by atoms with Crippen LogP contribution in [0.25, 0.3) is 11.1 Å².